The molecule has 1 saturated heterocycles. The second-order valence-electron chi connectivity index (χ2n) is 7.27. The van der Waals surface area contributed by atoms with Gasteiger partial charge in [0.25, 0.3) is 0 Å². The molecule has 1 aliphatic rings. The Kier molecular flexibility index (Phi) is 7.83. The summed E-state index contributed by atoms with van der Waals surface area (Å²) < 4.78 is 5.60. The standard InChI is InChI=1S/C21H32N6OS/c1-5-22-21(23-9-8-20-26-16(3)17(4)29-20)25-13-18-6-7-19(24-12-18)27-10-11-28-15(2)14-27/h6-7,12,15H,5,8-11,13-14H2,1-4H3,(H2,22,23,25). The van der Waals surface area contributed by atoms with E-state index in [1.807, 2.05) is 6.20 Å². The lowest BCUT2D eigenvalue weighted by atomic mass is 10.2. The number of nitrogens with one attached hydrogen (secondary N) is 2. The number of hydrogen-bond acceptors (Lipinski definition) is 6. The average molecular weight is 417 g/mol. The molecule has 8 heteroatoms. The molecule has 3 heterocycles. The van der Waals surface area contributed by atoms with Crippen molar-refractivity contribution in [3.8, 4) is 0 Å². The molecule has 0 aliphatic carbocycles. The highest BCUT2D eigenvalue weighted by atomic mass is 32.1. The minimum Gasteiger partial charge on any atom is -0.375 e. The van der Waals surface area contributed by atoms with Crippen molar-refractivity contribution in [1.29, 1.82) is 0 Å². The van der Waals surface area contributed by atoms with Gasteiger partial charge >= 0.3 is 0 Å². The van der Waals surface area contributed by atoms with Gasteiger partial charge in [-0.1, -0.05) is 6.07 Å². The fourth-order valence-electron chi connectivity index (χ4n) is 3.17. The Morgan fingerprint density at radius 1 is 1.34 bits per heavy atom. The van der Waals surface area contributed by atoms with Gasteiger partial charge in [-0.05, 0) is 39.3 Å². The normalized spacial score (nSPS) is 17.4. The van der Waals surface area contributed by atoms with Crippen LogP contribution in [0.4, 0.5) is 5.82 Å². The monoisotopic (exact) mass is 416 g/mol. The van der Waals surface area contributed by atoms with Crippen molar-refractivity contribution in [3.63, 3.8) is 0 Å². The van der Waals surface area contributed by atoms with Gasteiger partial charge < -0.3 is 20.3 Å². The lowest BCUT2D eigenvalue weighted by Crippen LogP contribution is -2.41. The molecule has 1 aliphatic heterocycles. The zero-order valence-corrected chi connectivity index (χ0v) is 18.7. The third-order valence-corrected chi connectivity index (χ3v) is 5.97. The second-order valence-corrected chi connectivity index (χ2v) is 8.56. The Hall–Kier alpha value is -2.19. The van der Waals surface area contributed by atoms with Crippen molar-refractivity contribution in [1.82, 2.24) is 20.6 Å². The molecule has 0 amide bonds. The average Bonchev–Trinajstić information content (AvgIpc) is 3.04. The van der Waals surface area contributed by atoms with Gasteiger partial charge in [0, 0.05) is 43.7 Å². The molecular weight excluding hydrogens is 384 g/mol. The maximum atomic E-state index is 5.60. The predicted molar refractivity (Wildman–Crippen MR) is 120 cm³/mol. The number of hydrogen-bond donors (Lipinski definition) is 2. The molecule has 1 fully saturated rings. The summed E-state index contributed by atoms with van der Waals surface area (Å²) in [5, 5.41) is 7.87. The summed E-state index contributed by atoms with van der Waals surface area (Å²) in [6.07, 6.45) is 3.07. The van der Waals surface area contributed by atoms with Crippen LogP contribution in [0.2, 0.25) is 0 Å². The molecule has 29 heavy (non-hydrogen) atoms. The predicted octanol–water partition coefficient (Wildman–Crippen LogP) is 2.68. The number of morpholine rings is 1. The van der Waals surface area contributed by atoms with E-state index in [2.05, 4.69) is 65.3 Å². The van der Waals surface area contributed by atoms with E-state index < -0.39 is 0 Å². The molecule has 1 atom stereocenters. The van der Waals surface area contributed by atoms with E-state index in [9.17, 15) is 0 Å². The third kappa shape index (κ3) is 6.40. The molecule has 0 aromatic carbocycles. The summed E-state index contributed by atoms with van der Waals surface area (Å²) in [6.45, 7) is 13.1. The van der Waals surface area contributed by atoms with Gasteiger partial charge in [-0.25, -0.2) is 15.0 Å². The number of guanidine groups is 1. The molecule has 1 unspecified atom stereocenters. The van der Waals surface area contributed by atoms with Crippen molar-refractivity contribution in [2.75, 3.05) is 37.7 Å². The zero-order valence-electron chi connectivity index (χ0n) is 17.9. The quantitative estimate of drug-likeness (QED) is 0.534. The van der Waals surface area contributed by atoms with Crippen molar-refractivity contribution in [2.24, 2.45) is 4.99 Å². The first-order valence-corrected chi connectivity index (χ1v) is 11.1. The molecule has 0 radical (unpaired) electrons. The summed E-state index contributed by atoms with van der Waals surface area (Å²) in [5.41, 5.74) is 2.23. The molecule has 0 saturated carbocycles. The van der Waals surface area contributed by atoms with Crippen LogP contribution in [0.5, 0.6) is 0 Å². The maximum absolute atomic E-state index is 5.60. The van der Waals surface area contributed by atoms with Crippen LogP contribution >= 0.6 is 11.3 Å². The molecule has 7 nitrogen and oxygen atoms in total. The number of ether oxygens (including phenoxy) is 1. The summed E-state index contributed by atoms with van der Waals surface area (Å²) in [5.74, 6) is 1.83. The molecule has 2 aromatic heterocycles. The van der Waals surface area contributed by atoms with Crippen LogP contribution in [0.1, 0.15) is 35.0 Å². The molecule has 0 bridgehead atoms. The Morgan fingerprint density at radius 2 is 2.21 bits per heavy atom. The Morgan fingerprint density at radius 3 is 2.86 bits per heavy atom. The zero-order chi connectivity index (χ0) is 20.6. The minimum absolute atomic E-state index is 0.251. The molecular formula is C21H32N6OS. The van der Waals surface area contributed by atoms with Gasteiger partial charge in [-0.3, -0.25) is 0 Å². The highest BCUT2D eigenvalue weighted by molar-refractivity contribution is 7.11. The van der Waals surface area contributed by atoms with Crippen LogP contribution in [-0.2, 0) is 17.7 Å². The van der Waals surface area contributed by atoms with E-state index in [4.69, 9.17) is 9.73 Å². The highest BCUT2D eigenvalue weighted by Crippen LogP contribution is 2.17. The van der Waals surface area contributed by atoms with E-state index >= 15 is 0 Å². The van der Waals surface area contributed by atoms with E-state index in [1.54, 1.807) is 11.3 Å². The Labute approximate surface area is 177 Å². The van der Waals surface area contributed by atoms with Crippen LogP contribution in [0.25, 0.3) is 0 Å². The van der Waals surface area contributed by atoms with Gasteiger partial charge in [0.2, 0.25) is 0 Å². The third-order valence-electron chi connectivity index (χ3n) is 4.84. The van der Waals surface area contributed by atoms with Crippen molar-refractivity contribution in [3.05, 3.63) is 39.5 Å². The fraction of sp³-hybridized carbons (Fsp3) is 0.571. The first-order chi connectivity index (χ1) is 14.0. The molecule has 158 valence electrons. The highest BCUT2D eigenvalue weighted by Gasteiger charge is 2.17. The van der Waals surface area contributed by atoms with E-state index in [0.717, 1.165) is 62.2 Å². The number of anilines is 1. The lowest BCUT2D eigenvalue weighted by Gasteiger charge is -2.32. The maximum Gasteiger partial charge on any atom is 0.191 e. The number of aliphatic imine (C=N–C) groups is 1. The van der Waals surface area contributed by atoms with Crippen molar-refractivity contribution < 1.29 is 4.74 Å². The summed E-state index contributed by atoms with van der Waals surface area (Å²) in [6, 6.07) is 4.19. The van der Waals surface area contributed by atoms with E-state index in [-0.39, 0.29) is 6.10 Å². The van der Waals surface area contributed by atoms with E-state index in [0.29, 0.717) is 6.54 Å². The SMILES string of the molecule is CCNC(=NCc1ccc(N2CCOC(C)C2)nc1)NCCc1nc(C)c(C)s1. The van der Waals surface area contributed by atoms with Crippen molar-refractivity contribution >= 4 is 23.1 Å². The Balaban J connectivity index is 1.52. The minimum atomic E-state index is 0.251. The van der Waals surface area contributed by atoms with Gasteiger partial charge in [-0.15, -0.1) is 11.3 Å². The van der Waals surface area contributed by atoms with Crippen molar-refractivity contribution in [2.45, 2.75) is 46.8 Å². The summed E-state index contributed by atoms with van der Waals surface area (Å²) in [4.78, 5) is 17.5. The number of aromatic nitrogens is 2. The first kappa shape index (κ1) is 21.5. The van der Waals surface area contributed by atoms with Gasteiger partial charge in [-0.2, -0.15) is 0 Å². The number of nitrogens with zero attached hydrogens (tertiary/aromatic N) is 4. The van der Waals surface area contributed by atoms with Crippen LogP contribution < -0.4 is 15.5 Å². The smallest absolute Gasteiger partial charge is 0.191 e. The summed E-state index contributed by atoms with van der Waals surface area (Å²) in [7, 11) is 0. The topological polar surface area (TPSA) is 74.7 Å². The molecule has 2 aromatic rings. The van der Waals surface area contributed by atoms with Crippen LogP contribution in [0.3, 0.4) is 0 Å². The van der Waals surface area contributed by atoms with Gasteiger partial charge in [0.05, 0.1) is 30.0 Å². The number of thiazole rings is 1. The number of pyridine rings is 1. The van der Waals surface area contributed by atoms with E-state index in [1.165, 1.54) is 9.88 Å². The van der Waals surface area contributed by atoms with Gasteiger partial charge in [0.15, 0.2) is 5.96 Å². The summed E-state index contributed by atoms with van der Waals surface area (Å²) >= 11 is 1.77. The second kappa shape index (κ2) is 10.5. The number of rotatable bonds is 7. The number of aryl methyl sites for hydroxylation is 2. The Bertz CT molecular complexity index is 785. The van der Waals surface area contributed by atoms with Gasteiger partial charge in [0.1, 0.15) is 5.82 Å². The first-order valence-electron chi connectivity index (χ1n) is 10.3. The van der Waals surface area contributed by atoms with Crippen LogP contribution in [0, 0.1) is 13.8 Å². The van der Waals surface area contributed by atoms with Crippen LogP contribution in [0.15, 0.2) is 23.3 Å². The lowest BCUT2D eigenvalue weighted by molar-refractivity contribution is 0.0529. The van der Waals surface area contributed by atoms with Crippen LogP contribution in [-0.4, -0.2) is 54.8 Å². The molecule has 3 rings (SSSR count). The molecule has 0 spiro atoms. The largest absolute Gasteiger partial charge is 0.375 e. The molecule has 2 N–H and O–H groups in total. The fourth-order valence-corrected chi connectivity index (χ4v) is 4.10.